The molecule has 0 atom stereocenters. The zero-order chi connectivity index (χ0) is 12.3. The van der Waals surface area contributed by atoms with E-state index in [-0.39, 0.29) is 18.6 Å². The fourth-order valence-corrected chi connectivity index (χ4v) is 1.71. The maximum atomic E-state index is 11.6. The molecule has 0 spiro atoms. The summed E-state index contributed by atoms with van der Waals surface area (Å²) in [7, 11) is 0. The first-order chi connectivity index (χ1) is 8.16. The minimum absolute atomic E-state index is 0.120. The molecule has 1 aromatic carbocycles. The molecular formula is C13H18N2O2. The second-order valence-corrected chi connectivity index (χ2v) is 4.43. The highest BCUT2D eigenvalue weighted by molar-refractivity contribution is 5.93. The van der Waals surface area contributed by atoms with Gasteiger partial charge >= 0.3 is 0 Å². The van der Waals surface area contributed by atoms with Crippen LogP contribution in [0.2, 0.25) is 0 Å². The number of nitrogens with two attached hydrogens (primary N) is 1. The predicted molar refractivity (Wildman–Crippen MR) is 67.8 cm³/mol. The highest BCUT2D eigenvalue weighted by atomic mass is 16.5. The van der Waals surface area contributed by atoms with Crippen LogP contribution in [0.1, 0.15) is 24.8 Å². The van der Waals surface area contributed by atoms with Gasteiger partial charge in [0.05, 0.1) is 6.10 Å². The monoisotopic (exact) mass is 234 g/mol. The molecule has 0 heterocycles. The Bertz CT molecular complexity index is 414. The van der Waals surface area contributed by atoms with Gasteiger partial charge in [-0.05, 0) is 43.9 Å². The summed E-state index contributed by atoms with van der Waals surface area (Å²) >= 11 is 0. The highest BCUT2D eigenvalue weighted by Gasteiger charge is 2.19. The Labute approximate surface area is 101 Å². The second kappa shape index (κ2) is 5.19. The standard InChI is InChI=1S/C13H18N2O2/c1-9-11(14)6-3-7-12(9)15-13(16)8-17-10-4-2-5-10/h3,6-7,10H,2,4-5,8,14H2,1H3,(H,15,16). The van der Waals surface area contributed by atoms with Crippen molar-refractivity contribution >= 4 is 17.3 Å². The first-order valence-corrected chi connectivity index (χ1v) is 5.93. The van der Waals surface area contributed by atoms with Crippen molar-refractivity contribution in [2.75, 3.05) is 17.7 Å². The number of hydrogen-bond donors (Lipinski definition) is 2. The van der Waals surface area contributed by atoms with Crippen LogP contribution >= 0.6 is 0 Å². The molecule has 0 saturated heterocycles. The quantitative estimate of drug-likeness (QED) is 0.784. The number of carbonyl (C=O) groups excluding carboxylic acids is 1. The van der Waals surface area contributed by atoms with Crippen molar-refractivity contribution in [1.82, 2.24) is 0 Å². The molecule has 0 radical (unpaired) electrons. The normalized spacial score (nSPS) is 15.4. The summed E-state index contributed by atoms with van der Waals surface area (Å²) in [6, 6.07) is 5.48. The number of ether oxygens (including phenoxy) is 1. The molecule has 92 valence electrons. The van der Waals surface area contributed by atoms with Gasteiger partial charge in [0.2, 0.25) is 5.91 Å². The molecule has 1 aliphatic rings. The van der Waals surface area contributed by atoms with Gasteiger partial charge in [-0.1, -0.05) is 6.07 Å². The van der Waals surface area contributed by atoms with Crippen LogP contribution < -0.4 is 11.1 Å². The summed E-state index contributed by atoms with van der Waals surface area (Å²) in [6.45, 7) is 2.01. The number of amides is 1. The lowest BCUT2D eigenvalue weighted by Crippen LogP contribution is -2.27. The molecule has 17 heavy (non-hydrogen) atoms. The zero-order valence-electron chi connectivity index (χ0n) is 10.0. The van der Waals surface area contributed by atoms with Gasteiger partial charge in [-0.25, -0.2) is 0 Å². The molecule has 0 aliphatic heterocycles. The maximum absolute atomic E-state index is 11.6. The number of nitrogen functional groups attached to an aromatic ring is 1. The zero-order valence-corrected chi connectivity index (χ0v) is 10.0. The van der Waals surface area contributed by atoms with Crippen LogP contribution in [-0.4, -0.2) is 18.6 Å². The Hall–Kier alpha value is -1.55. The molecule has 1 amide bonds. The van der Waals surface area contributed by atoms with Crippen LogP contribution in [-0.2, 0) is 9.53 Å². The summed E-state index contributed by atoms with van der Waals surface area (Å²) in [6.07, 6.45) is 3.64. The molecule has 1 aromatic rings. The summed E-state index contributed by atoms with van der Waals surface area (Å²) in [5.41, 5.74) is 8.10. The summed E-state index contributed by atoms with van der Waals surface area (Å²) in [4.78, 5) is 11.6. The van der Waals surface area contributed by atoms with E-state index in [4.69, 9.17) is 10.5 Å². The Morgan fingerprint density at radius 1 is 1.53 bits per heavy atom. The molecule has 0 unspecified atom stereocenters. The van der Waals surface area contributed by atoms with Crippen molar-refractivity contribution in [3.05, 3.63) is 23.8 Å². The third-order valence-corrected chi connectivity index (χ3v) is 3.15. The van der Waals surface area contributed by atoms with E-state index in [1.165, 1.54) is 6.42 Å². The van der Waals surface area contributed by atoms with Crippen molar-refractivity contribution in [1.29, 1.82) is 0 Å². The topological polar surface area (TPSA) is 64.3 Å². The molecule has 4 nitrogen and oxygen atoms in total. The minimum Gasteiger partial charge on any atom is -0.398 e. The summed E-state index contributed by atoms with van der Waals surface area (Å²) in [5.74, 6) is -0.120. The molecule has 0 aromatic heterocycles. The van der Waals surface area contributed by atoms with Crippen LogP contribution in [0.3, 0.4) is 0 Å². The van der Waals surface area contributed by atoms with Crippen LogP contribution in [0, 0.1) is 6.92 Å². The first kappa shape index (κ1) is 11.9. The Morgan fingerprint density at radius 3 is 2.94 bits per heavy atom. The predicted octanol–water partition coefficient (Wildman–Crippen LogP) is 2.08. The van der Waals surface area contributed by atoms with E-state index in [9.17, 15) is 4.79 Å². The molecule has 3 N–H and O–H groups in total. The van der Waals surface area contributed by atoms with Gasteiger partial charge in [-0.2, -0.15) is 0 Å². The van der Waals surface area contributed by atoms with Crippen molar-refractivity contribution < 1.29 is 9.53 Å². The maximum Gasteiger partial charge on any atom is 0.250 e. The molecule has 2 rings (SSSR count). The van der Waals surface area contributed by atoms with E-state index in [1.54, 1.807) is 0 Å². The second-order valence-electron chi connectivity index (χ2n) is 4.43. The van der Waals surface area contributed by atoms with E-state index >= 15 is 0 Å². The molecule has 1 saturated carbocycles. The Kier molecular flexibility index (Phi) is 3.64. The van der Waals surface area contributed by atoms with E-state index in [0.29, 0.717) is 5.69 Å². The third-order valence-electron chi connectivity index (χ3n) is 3.15. The molecule has 0 bridgehead atoms. The van der Waals surface area contributed by atoms with E-state index in [1.807, 2.05) is 25.1 Å². The van der Waals surface area contributed by atoms with Crippen molar-refractivity contribution in [2.24, 2.45) is 0 Å². The first-order valence-electron chi connectivity index (χ1n) is 5.93. The van der Waals surface area contributed by atoms with Crippen LogP contribution in [0.25, 0.3) is 0 Å². The molecule has 1 fully saturated rings. The van der Waals surface area contributed by atoms with E-state index in [0.717, 1.165) is 24.1 Å². The number of hydrogen-bond acceptors (Lipinski definition) is 3. The Morgan fingerprint density at radius 2 is 2.29 bits per heavy atom. The lowest BCUT2D eigenvalue weighted by atomic mass is 9.96. The average Bonchev–Trinajstić information content (AvgIpc) is 2.23. The van der Waals surface area contributed by atoms with E-state index < -0.39 is 0 Å². The summed E-state index contributed by atoms with van der Waals surface area (Å²) < 4.78 is 5.44. The van der Waals surface area contributed by atoms with Crippen LogP contribution in [0.15, 0.2) is 18.2 Å². The largest absolute Gasteiger partial charge is 0.398 e. The fourth-order valence-electron chi connectivity index (χ4n) is 1.71. The van der Waals surface area contributed by atoms with Gasteiger partial charge in [0.25, 0.3) is 0 Å². The lowest BCUT2D eigenvalue weighted by Gasteiger charge is -2.25. The molecular weight excluding hydrogens is 216 g/mol. The molecule has 4 heteroatoms. The SMILES string of the molecule is Cc1c(N)cccc1NC(=O)COC1CCC1. The molecule has 1 aliphatic carbocycles. The number of benzene rings is 1. The minimum atomic E-state index is -0.120. The smallest absolute Gasteiger partial charge is 0.250 e. The van der Waals surface area contributed by atoms with Crippen molar-refractivity contribution in [2.45, 2.75) is 32.3 Å². The van der Waals surface area contributed by atoms with Gasteiger partial charge in [0.1, 0.15) is 6.61 Å². The summed E-state index contributed by atoms with van der Waals surface area (Å²) in [5, 5.41) is 2.81. The number of anilines is 2. The van der Waals surface area contributed by atoms with Gasteiger partial charge < -0.3 is 15.8 Å². The lowest BCUT2D eigenvalue weighted by molar-refractivity contribution is -0.124. The number of rotatable bonds is 4. The van der Waals surface area contributed by atoms with Crippen molar-refractivity contribution in [3.8, 4) is 0 Å². The van der Waals surface area contributed by atoms with Gasteiger partial charge in [-0.15, -0.1) is 0 Å². The van der Waals surface area contributed by atoms with E-state index in [2.05, 4.69) is 5.32 Å². The van der Waals surface area contributed by atoms with Gasteiger partial charge in [-0.3, -0.25) is 4.79 Å². The van der Waals surface area contributed by atoms with Crippen molar-refractivity contribution in [3.63, 3.8) is 0 Å². The van der Waals surface area contributed by atoms with Crippen LogP contribution in [0.5, 0.6) is 0 Å². The number of nitrogens with one attached hydrogen (secondary N) is 1. The highest BCUT2D eigenvalue weighted by Crippen LogP contribution is 2.22. The Balaban J connectivity index is 1.86. The average molecular weight is 234 g/mol. The van der Waals surface area contributed by atoms with Gasteiger partial charge in [0.15, 0.2) is 0 Å². The number of carbonyl (C=O) groups is 1. The van der Waals surface area contributed by atoms with Gasteiger partial charge in [0, 0.05) is 11.4 Å². The fraction of sp³-hybridized carbons (Fsp3) is 0.462. The van der Waals surface area contributed by atoms with Crippen LogP contribution in [0.4, 0.5) is 11.4 Å². The third kappa shape index (κ3) is 2.97.